The second-order valence-electron chi connectivity index (χ2n) is 4.96. The molecule has 0 aliphatic carbocycles. The molecule has 6 heteroatoms. The molecule has 0 unspecified atom stereocenters. The second kappa shape index (κ2) is 8.07. The second-order valence-corrected chi connectivity index (χ2v) is 5.37. The molecule has 0 aliphatic heterocycles. The van der Waals surface area contributed by atoms with Gasteiger partial charge in [-0.25, -0.2) is 4.98 Å². The van der Waals surface area contributed by atoms with Crippen molar-refractivity contribution in [2.45, 2.75) is 26.3 Å². The molecule has 1 amide bonds. The lowest BCUT2D eigenvalue weighted by molar-refractivity contribution is 0.0947. The summed E-state index contributed by atoms with van der Waals surface area (Å²) in [6, 6.07) is 3.91. The lowest BCUT2D eigenvalue weighted by Crippen LogP contribution is -2.31. The molecular formula is C14H23ClN4O. The standard InChI is InChI=1S/C14H23ClN4O/c1-10(2)19(4)9-5-8-17-14(20)13-11(15)6-7-12(16-3)18-13/h6-7,10H,5,8-9H2,1-4H3,(H,16,18)(H,17,20). The zero-order chi connectivity index (χ0) is 15.1. The Bertz CT molecular complexity index is 451. The highest BCUT2D eigenvalue weighted by Crippen LogP contribution is 2.16. The Labute approximate surface area is 125 Å². The van der Waals surface area contributed by atoms with E-state index < -0.39 is 0 Å². The van der Waals surface area contributed by atoms with E-state index in [0.29, 0.717) is 23.4 Å². The minimum absolute atomic E-state index is 0.237. The van der Waals surface area contributed by atoms with Crippen molar-refractivity contribution >= 4 is 23.3 Å². The van der Waals surface area contributed by atoms with Crippen LogP contribution in [0.5, 0.6) is 0 Å². The predicted molar refractivity (Wildman–Crippen MR) is 83.5 cm³/mol. The average molecular weight is 299 g/mol. The minimum Gasteiger partial charge on any atom is -0.373 e. The topological polar surface area (TPSA) is 57.3 Å². The predicted octanol–water partition coefficient (Wildman–Crippen LogP) is 2.24. The van der Waals surface area contributed by atoms with Crippen molar-refractivity contribution in [3.8, 4) is 0 Å². The molecule has 1 rings (SSSR count). The molecular weight excluding hydrogens is 276 g/mol. The number of halogens is 1. The Morgan fingerprint density at radius 2 is 2.15 bits per heavy atom. The summed E-state index contributed by atoms with van der Waals surface area (Å²) >= 11 is 5.99. The smallest absolute Gasteiger partial charge is 0.271 e. The van der Waals surface area contributed by atoms with Crippen LogP contribution in [0, 0.1) is 0 Å². The van der Waals surface area contributed by atoms with Gasteiger partial charge in [-0.3, -0.25) is 4.79 Å². The molecule has 112 valence electrons. The molecule has 0 aromatic carbocycles. The Morgan fingerprint density at radius 3 is 2.75 bits per heavy atom. The van der Waals surface area contributed by atoms with E-state index in [2.05, 4.69) is 41.4 Å². The van der Waals surface area contributed by atoms with Crippen molar-refractivity contribution in [3.63, 3.8) is 0 Å². The first-order chi connectivity index (χ1) is 9.45. The van der Waals surface area contributed by atoms with Gasteiger partial charge in [-0.1, -0.05) is 11.6 Å². The van der Waals surface area contributed by atoms with Gasteiger partial charge in [-0.15, -0.1) is 0 Å². The van der Waals surface area contributed by atoms with Crippen LogP contribution in [0.1, 0.15) is 30.8 Å². The number of nitrogens with one attached hydrogen (secondary N) is 2. The summed E-state index contributed by atoms with van der Waals surface area (Å²) in [7, 11) is 3.82. The number of amides is 1. The monoisotopic (exact) mass is 298 g/mol. The van der Waals surface area contributed by atoms with Crippen molar-refractivity contribution < 1.29 is 4.79 Å². The fraction of sp³-hybridized carbons (Fsp3) is 0.571. The Balaban J connectivity index is 2.47. The Morgan fingerprint density at radius 1 is 1.45 bits per heavy atom. The minimum atomic E-state index is -0.237. The van der Waals surface area contributed by atoms with Crippen LogP contribution in [0.4, 0.5) is 5.82 Å². The van der Waals surface area contributed by atoms with Crippen LogP contribution in [0.2, 0.25) is 5.02 Å². The molecule has 0 atom stereocenters. The first-order valence-corrected chi connectivity index (χ1v) is 7.16. The van der Waals surface area contributed by atoms with E-state index in [0.717, 1.165) is 13.0 Å². The van der Waals surface area contributed by atoms with Gasteiger partial charge in [-0.2, -0.15) is 0 Å². The molecule has 1 heterocycles. The molecule has 0 spiro atoms. The van der Waals surface area contributed by atoms with Crippen LogP contribution in [-0.2, 0) is 0 Å². The van der Waals surface area contributed by atoms with Gasteiger partial charge < -0.3 is 15.5 Å². The normalized spacial score (nSPS) is 10.9. The van der Waals surface area contributed by atoms with Crippen molar-refractivity contribution in [3.05, 3.63) is 22.8 Å². The van der Waals surface area contributed by atoms with E-state index in [1.165, 1.54) is 0 Å². The van der Waals surface area contributed by atoms with E-state index in [-0.39, 0.29) is 11.6 Å². The molecule has 5 nitrogen and oxygen atoms in total. The van der Waals surface area contributed by atoms with E-state index in [9.17, 15) is 4.79 Å². The summed E-state index contributed by atoms with van der Waals surface area (Å²) in [6.45, 7) is 5.84. The number of hydrogen-bond acceptors (Lipinski definition) is 4. The average Bonchev–Trinajstić information content (AvgIpc) is 2.43. The van der Waals surface area contributed by atoms with Gasteiger partial charge in [0.25, 0.3) is 5.91 Å². The molecule has 1 aromatic heterocycles. The van der Waals surface area contributed by atoms with Gasteiger partial charge in [0, 0.05) is 19.6 Å². The zero-order valence-electron chi connectivity index (χ0n) is 12.5. The lowest BCUT2D eigenvalue weighted by atomic mass is 10.3. The number of pyridine rings is 1. The Kier molecular flexibility index (Phi) is 6.75. The van der Waals surface area contributed by atoms with Gasteiger partial charge in [0.1, 0.15) is 11.5 Å². The molecule has 0 aliphatic rings. The largest absolute Gasteiger partial charge is 0.373 e. The Hall–Kier alpha value is -1.33. The van der Waals surface area contributed by atoms with Gasteiger partial charge in [0.05, 0.1) is 5.02 Å². The number of anilines is 1. The SMILES string of the molecule is CNc1ccc(Cl)c(C(=O)NCCCN(C)C(C)C)n1. The summed E-state index contributed by atoms with van der Waals surface area (Å²) in [5.74, 6) is 0.387. The van der Waals surface area contributed by atoms with Crippen molar-refractivity contribution in [2.75, 3.05) is 32.5 Å². The fourth-order valence-electron chi connectivity index (χ4n) is 1.61. The molecule has 0 saturated carbocycles. The maximum atomic E-state index is 12.0. The number of carbonyl (C=O) groups excluding carboxylic acids is 1. The third-order valence-electron chi connectivity index (χ3n) is 3.17. The number of nitrogens with zero attached hydrogens (tertiary/aromatic N) is 2. The third kappa shape index (κ3) is 4.98. The van der Waals surface area contributed by atoms with Crippen molar-refractivity contribution in [2.24, 2.45) is 0 Å². The third-order valence-corrected chi connectivity index (χ3v) is 3.48. The summed E-state index contributed by atoms with van der Waals surface area (Å²) in [5.41, 5.74) is 0.260. The first kappa shape index (κ1) is 16.7. The van der Waals surface area contributed by atoms with Crippen LogP contribution in [0.25, 0.3) is 0 Å². The highest BCUT2D eigenvalue weighted by Gasteiger charge is 2.12. The molecule has 20 heavy (non-hydrogen) atoms. The summed E-state index contributed by atoms with van der Waals surface area (Å²) in [4.78, 5) is 18.4. The van der Waals surface area contributed by atoms with Crippen LogP contribution in [-0.4, -0.2) is 49.0 Å². The molecule has 2 N–H and O–H groups in total. The van der Waals surface area contributed by atoms with E-state index in [1.54, 1.807) is 19.2 Å². The van der Waals surface area contributed by atoms with Crippen LogP contribution < -0.4 is 10.6 Å². The van der Waals surface area contributed by atoms with E-state index >= 15 is 0 Å². The van der Waals surface area contributed by atoms with Gasteiger partial charge in [0.2, 0.25) is 0 Å². The maximum absolute atomic E-state index is 12.0. The molecule has 0 bridgehead atoms. The van der Waals surface area contributed by atoms with E-state index in [1.807, 2.05) is 0 Å². The van der Waals surface area contributed by atoms with Crippen LogP contribution in [0.15, 0.2) is 12.1 Å². The van der Waals surface area contributed by atoms with Crippen molar-refractivity contribution in [1.29, 1.82) is 0 Å². The summed E-state index contributed by atoms with van der Waals surface area (Å²) in [6.07, 6.45) is 0.893. The highest BCUT2D eigenvalue weighted by atomic mass is 35.5. The first-order valence-electron chi connectivity index (χ1n) is 6.78. The van der Waals surface area contributed by atoms with Gasteiger partial charge >= 0.3 is 0 Å². The maximum Gasteiger partial charge on any atom is 0.271 e. The van der Waals surface area contributed by atoms with Crippen LogP contribution in [0.3, 0.4) is 0 Å². The fourth-order valence-corrected chi connectivity index (χ4v) is 1.80. The highest BCUT2D eigenvalue weighted by molar-refractivity contribution is 6.33. The molecule has 0 saturated heterocycles. The van der Waals surface area contributed by atoms with Crippen LogP contribution >= 0.6 is 11.6 Å². The zero-order valence-corrected chi connectivity index (χ0v) is 13.3. The summed E-state index contributed by atoms with van der Waals surface area (Å²) in [5, 5.41) is 6.09. The van der Waals surface area contributed by atoms with E-state index in [4.69, 9.17) is 11.6 Å². The molecule has 1 aromatic rings. The van der Waals surface area contributed by atoms with Gasteiger partial charge in [0.15, 0.2) is 0 Å². The lowest BCUT2D eigenvalue weighted by Gasteiger charge is -2.20. The number of rotatable bonds is 7. The quantitative estimate of drug-likeness (QED) is 0.758. The molecule has 0 radical (unpaired) electrons. The number of aromatic nitrogens is 1. The van der Waals surface area contributed by atoms with Crippen molar-refractivity contribution in [1.82, 2.24) is 15.2 Å². The number of hydrogen-bond donors (Lipinski definition) is 2. The summed E-state index contributed by atoms with van der Waals surface area (Å²) < 4.78 is 0. The number of carbonyl (C=O) groups is 1. The van der Waals surface area contributed by atoms with Gasteiger partial charge in [-0.05, 0) is 46.0 Å². The molecule has 0 fully saturated rings.